The molecule has 0 aliphatic heterocycles. The number of carbonyl (C=O) groups excluding carboxylic acids is 2. The van der Waals surface area contributed by atoms with Gasteiger partial charge >= 0.3 is 0 Å². The Morgan fingerprint density at radius 2 is 2.14 bits per heavy atom. The van der Waals surface area contributed by atoms with Crippen LogP contribution in [0, 0.1) is 0 Å². The minimum atomic E-state index is -0.309. The molecule has 1 fully saturated rings. The van der Waals surface area contributed by atoms with Crippen LogP contribution in [0.25, 0.3) is 10.1 Å². The third kappa shape index (κ3) is 3.19. The number of hydrogen-bond acceptors (Lipinski definition) is 4. The molecule has 1 aromatic carbocycles. The maximum Gasteiger partial charge on any atom is 0.263 e. The van der Waals surface area contributed by atoms with Crippen molar-refractivity contribution in [2.75, 3.05) is 12.3 Å². The summed E-state index contributed by atoms with van der Waals surface area (Å²) < 4.78 is 1.86. The molecule has 1 aliphatic rings. The molecule has 0 saturated heterocycles. The second-order valence-corrected chi connectivity index (χ2v) is 6.98. The molecule has 21 heavy (non-hydrogen) atoms. The SMILES string of the molecule is Nc1c(C(=O)NCC(=O)NC2CC2)sc2ccc(Br)cc12. The van der Waals surface area contributed by atoms with Gasteiger partial charge in [0, 0.05) is 20.6 Å². The van der Waals surface area contributed by atoms with E-state index >= 15 is 0 Å². The van der Waals surface area contributed by atoms with Gasteiger partial charge in [0.05, 0.1) is 12.2 Å². The smallest absolute Gasteiger partial charge is 0.263 e. The number of nitrogens with one attached hydrogen (secondary N) is 2. The van der Waals surface area contributed by atoms with Crippen LogP contribution in [-0.4, -0.2) is 24.4 Å². The van der Waals surface area contributed by atoms with Crippen molar-refractivity contribution in [3.63, 3.8) is 0 Å². The third-order valence-corrected chi connectivity index (χ3v) is 4.93. The molecule has 7 heteroatoms. The predicted molar refractivity (Wildman–Crippen MR) is 87.4 cm³/mol. The van der Waals surface area contributed by atoms with E-state index in [9.17, 15) is 9.59 Å². The second-order valence-electron chi connectivity index (χ2n) is 5.01. The Kier molecular flexibility index (Phi) is 3.86. The minimum Gasteiger partial charge on any atom is -0.397 e. The van der Waals surface area contributed by atoms with Gasteiger partial charge in [0.25, 0.3) is 5.91 Å². The molecule has 1 aromatic heterocycles. The van der Waals surface area contributed by atoms with E-state index < -0.39 is 0 Å². The molecule has 1 saturated carbocycles. The molecule has 0 spiro atoms. The normalized spacial score (nSPS) is 14.1. The Morgan fingerprint density at radius 3 is 2.86 bits per heavy atom. The van der Waals surface area contributed by atoms with Crippen molar-refractivity contribution in [1.29, 1.82) is 0 Å². The highest BCUT2D eigenvalue weighted by Crippen LogP contribution is 2.35. The van der Waals surface area contributed by atoms with E-state index in [-0.39, 0.29) is 18.4 Å². The lowest BCUT2D eigenvalue weighted by molar-refractivity contribution is -0.120. The molecule has 5 nitrogen and oxygen atoms in total. The van der Waals surface area contributed by atoms with Gasteiger partial charge in [-0.25, -0.2) is 0 Å². The van der Waals surface area contributed by atoms with E-state index in [0.717, 1.165) is 27.4 Å². The van der Waals surface area contributed by atoms with Crippen molar-refractivity contribution in [3.8, 4) is 0 Å². The highest BCUT2D eigenvalue weighted by molar-refractivity contribution is 9.10. The molecular formula is C14H14BrN3O2S. The largest absolute Gasteiger partial charge is 0.397 e. The molecular weight excluding hydrogens is 354 g/mol. The zero-order chi connectivity index (χ0) is 15.0. The summed E-state index contributed by atoms with van der Waals surface area (Å²) in [6.07, 6.45) is 2.05. The van der Waals surface area contributed by atoms with E-state index in [0.29, 0.717) is 16.6 Å². The highest BCUT2D eigenvalue weighted by atomic mass is 79.9. The van der Waals surface area contributed by atoms with Gasteiger partial charge in [-0.2, -0.15) is 0 Å². The van der Waals surface area contributed by atoms with Crippen molar-refractivity contribution in [2.45, 2.75) is 18.9 Å². The molecule has 2 aromatic rings. The van der Waals surface area contributed by atoms with Crippen molar-refractivity contribution in [2.24, 2.45) is 0 Å². The fourth-order valence-corrected chi connectivity index (χ4v) is 3.39. The molecule has 1 aliphatic carbocycles. The molecule has 3 rings (SSSR count). The maximum atomic E-state index is 12.2. The summed E-state index contributed by atoms with van der Waals surface area (Å²) in [5.41, 5.74) is 6.49. The van der Waals surface area contributed by atoms with Gasteiger partial charge in [0.15, 0.2) is 0 Å². The fourth-order valence-electron chi connectivity index (χ4n) is 2.00. The number of halogens is 1. The average Bonchev–Trinajstić information content (AvgIpc) is 3.20. The zero-order valence-corrected chi connectivity index (χ0v) is 13.5. The Labute approximate surface area is 134 Å². The number of rotatable bonds is 4. The lowest BCUT2D eigenvalue weighted by Gasteiger charge is -2.05. The van der Waals surface area contributed by atoms with Gasteiger partial charge in [-0.1, -0.05) is 15.9 Å². The number of benzene rings is 1. The summed E-state index contributed by atoms with van der Waals surface area (Å²) in [5, 5.41) is 6.29. The van der Waals surface area contributed by atoms with Gasteiger partial charge in [0.2, 0.25) is 5.91 Å². The van der Waals surface area contributed by atoms with Crippen LogP contribution < -0.4 is 16.4 Å². The first-order chi connectivity index (χ1) is 10.0. The predicted octanol–water partition coefficient (Wildman–Crippen LogP) is 2.25. The summed E-state index contributed by atoms with van der Waals surface area (Å²) in [6, 6.07) is 6.00. The first-order valence-corrected chi connectivity index (χ1v) is 8.20. The number of thiophene rings is 1. The summed E-state index contributed by atoms with van der Waals surface area (Å²) in [6.45, 7) is -0.0211. The van der Waals surface area contributed by atoms with E-state index in [1.165, 1.54) is 11.3 Å². The number of nitrogen functional groups attached to an aromatic ring is 1. The van der Waals surface area contributed by atoms with E-state index in [4.69, 9.17) is 5.73 Å². The van der Waals surface area contributed by atoms with Gasteiger partial charge in [-0.15, -0.1) is 11.3 Å². The molecule has 0 radical (unpaired) electrons. The summed E-state index contributed by atoms with van der Waals surface area (Å²) in [7, 11) is 0. The number of amides is 2. The summed E-state index contributed by atoms with van der Waals surface area (Å²) in [4.78, 5) is 24.2. The van der Waals surface area contributed by atoms with Crippen LogP contribution in [0.2, 0.25) is 0 Å². The van der Waals surface area contributed by atoms with Gasteiger partial charge in [-0.3, -0.25) is 9.59 Å². The average molecular weight is 368 g/mol. The molecule has 0 atom stereocenters. The van der Waals surface area contributed by atoms with Gasteiger partial charge in [-0.05, 0) is 31.0 Å². The fraction of sp³-hybridized carbons (Fsp3) is 0.286. The summed E-state index contributed by atoms with van der Waals surface area (Å²) in [5.74, 6) is -0.468. The van der Waals surface area contributed by atoms with Crippen LogP contribution in [0.1, 0.15) is 22.5 Å². The van der Waals surface area contributed by atoms with Crippen LogP contribution in [0.15, 0.2) is 22.7 Å². The number of fused-ring (bicyclic) bond motifs is 1. The van der Waals surface area contributed by atoms with E-state index in [1.54, 1.807) is 0 Å². The van der Waals surface area contributed by atoms with Crippen LogP contribution in [0.4, 0.5) is 5.69 Å². The van der Waals surface area contributed by atoms with Gasteiger partial charge in [0.1, 0.15) is 4.88 Å². The Hall–Kier alpha value is -1.60. The Bertz CT molecular complexity index is 724. The second kappa shape index (κ2) is 5.65. The van der Waals surface area contributed by atoms with Crippen LogP contribution in [-0.2, 0) is 4.79 Å². The van der Waals surface area contributed by atoms with Crippen molar-refractivity contribution >= 4 is 54.9 Å². The summed E-state index contributed by atoms with van der Waals surface area (Å²) >= 11 is 4.72. The topological polar surface area (TPSA) is 84.2 Å². The molecule has 2 amide bonds. The van der Waals surface area contributed by atoms with Crippen LogP contribution in [0.5, 0.6) is 0 Å². The highest BCUT2D eigenvalue weighted by Gasteiger charge is 2.23. The molecule has 110 valence electrons. The Balaban J connectivity index is 1.71. The van der Waals surface area contributed by atoms with Crippen molar-refractivity contribution in [3.05, 3.63) is 27.5 Å². The lowest BCUT2D eigenvalue weighted by atomic mass is 10.2. The van der Waals surface area contributed by atoms with Crippen LogP contribution in [0.3, 0.4) is 0 Å². The first-order valence-electron chi connectivity index (χ1n) is 6.59. The van der Waals surface area contributed by atoms with Crippen molar-refractivity contribution in [1.82, 2.24) is 10.6 Å². The number of anilines is 1. The Morgan fingerprint density at radius 1 is 1.38 bits per heavy atom. The zero-order valence-electron chi connectivity index (χ0n) is 11.1. The minimum absolute atomic E-state index is 0.0211. The quantitative estimate of drug-likeness (QED) is 0.774. The monoisotopic (exact) mass is 367 g/mol. The number of hydrogen-bond donors (Lipinski definition) is 3. The molecule has 0 bridgehead atoms. The van der Waals surface area contributed by atoms with E-state index in [1.807, 2.05) is 18.2 Å². The third-order valence-electron chi connectivity index (χ3n) is 3.25. The molecule has 1 heterocycles. The number of nitrogens with two attached hydrogens (primary N) is 1. The van der Waals surface area contributed by atoms with Gasteiger partial charge < -0.3 is 16.4 Å². The molecule has 0 unspecified atom stereocenters. The van der Waals surface area contributed by atoms with Crippen molar-refractivity contribution < 1.29 is 9.59 Å². The standard InChI is InChI=1S/C14H14BrN3O2S/c15-7-1-4-10-9(5-7)12(16)13(21-10)14(20)17-6-11(19)18-8-2-3-8/h1,4-5,8H,2-3,6,16H2,(H,17,20)(H,18,19). The van der Waals surface area contributed by atoms with Crippen LogP contribution >= 0.6 is 27.3 Å². The number of carbonyl (C=O) groups is 2. The lowest BCUT2D eigenvalue weighted by Crippen LogP contribution is -2.37. The van der Waals surface area contributed by atoms with E-state index in [2.05, 4.69) is 26.6 Å². The first kappa shape index (κ1) is 14.3. The molecule has 4 N–H and O–H groups in total. The maximum absolute atomic E-state index is 12.2.